The van der Waals surface area contributed by atoms with Gasteiger partial charge < -0.3 is 0 Å². The van der Waals surface area contributed by atoms with Gasteiger partial charge in [0.05, 0.1) is 0 Å². The SMILES string of the molecule is CC(C)(C)C1=CC[C]([Hf](=[C](c2ccccc2)c2ccccc2)[CH]2c3cc(C(C)(C)C)ccc3-c3ccc(C(C)(C)C)cc32)=C1. The maximum absolute atomic E-state index is 3.03. The first kappa shape index (κ1) is 31.1. The van der Waals surface area contributed by atoms with Gasteiger partial charge in [-0.15, -0.1) is 0 Å². The second kappa shape index (κ2) is 11.5. The van der Waals surface area contributed by atoms with Crippen molar-refractivity contribution in [3.63, 3.8) is 0 Å². The standard InChI is InChI=1S/C21H25.C13H10.C9H13.Hf/c1-20(2,3)16-7-9-18-14(12-16)11-15-13-17(21(4,5)6)8-10-19(15)18;1-3-7-12(8-4-1)11-13-9-5-2-6-10-13;1-9(2,3)8-6-4-5-7-8;/h7-13H,1-6H3;1-10H;6-7H,4H2,1-3H3;. The zero-order valence-electron chi connectivity index (χ0n) is 28.2. The van der Waals surface area contributed by atoms with Crippen LogP contribution in [0.15, 0.2) is 118 Å². The minimum absolute atomic E-state index is 0.0925. The Morgan fingerprint density at radius 2 is 1.02 bits per heavy atom. The average Bonchev–Trinajstić information content (AvgIpc) is 3.59. The van der Waals surface area contributed by atoms with Crippen LogP contribution in [0.25, 0.3) is 11.1 Å². The summed E-state index contributed by atoms with van der Waals surface area (Å²) in [7, 11) is 0. The normalized spacial score (nSPS) is 15.0. The van der Waals surface area contributed by atoms with E-state index < -0.39 is 21.0 Å². The van der Waals surface area contributed by atoms with Gasteiger partial charge in [-0.25, -0.2) is 0 Å². The Morgan fingerprint density at radius 3 is 1.41 bits per heavy atom. The molecule has 0 atom stereocenters. The van der Waals surface area contributed by atoms with Gasteiger partial charge in [-0.2, -0.15) is 0 Å². The van der Waals surface area contributed by atoms with E-state index in [1.165, 1.54) is 39.0 Å². The van der Waals surface area contributed by atoms with Crippen molar-refractivity contribution in [2.45, 2.75) is 83.2 Å². The molecule has 0 N–H and O–H groups in total. The maximum atomic E-state index is 2.65. The Labute approximate surface area is 274 Å². The van der Waals surface area contributed by atoms with Gasteiger partial charge in [0.25, 0.3) is 0 Å². The van der Waals surface area contributed by atoms with E-state index >= 15 is 0 Å². The number of fused-ring (bicyclic) bond motifs is 3. The van der Waals surface area contributed by atoms with Crippen molar-refractivity contribution in [1.29, 1.82) is 0 Å². The first-order valence-corrected chi connectivity index (χ1v) is 22.0. The van der Waals surface area contributed by atoms with E-state index in [-0.39, 0.29) is 16.2 Å². The summed E-state index contributed by atoms with van der Waals surface area (Å²) in [6.07, 6.45) is 6.27. The molecule has 6 rings (SSSR count). The summed E-state index contributed by atoms with van der Waals surface area (Å²) in [6, 6.07) is 37.6. The molecular formula is C43H48Hf. The molecule has 0 aromatic heterocycles. The first-order valence-electron chi connectivity index (χ1n) is 16.3. The van der Waals surface area contributed by atoms with Gasteiger partial charge in [-0.05, 0) is 0 Å². The fourth-order valence-electron chi connectivity index (χ4n) is 6.92. The van der Waals surface area contributed by atoms with Crippen LogP contribution < -0.4 is 0 Å². The Bertz CT molecular complexity index is 1690. The van der Waals surface area contributed by atoms with Gasteiger partial charge in [0.15, 0.2) is 0 Å². The average molecular weight is 743 g/mol. The van der Waals surface area contributed by atoms with Crippen LogP contribution in [0.5, 0.6) is 0 Å². The molecule has 0 aliphatic heterocycles. The Kier molecular flexibility index (Phi) is 8.11. The van der Waals surface area contributed by atoms with E-state index in [1.807, 2.05) is 0 Å². The Balaban J connectivity index is 1.75. The summed E-state index contributed by atoms with van der Waals surface area (Å²) in [5.74, 6) is 0. The van der Waals surface area contributed by atoms with Crippen LogP contribution in [0, 0.1) is 5.41 Å². The number of allylic oxidation sites excluding steroid dienone is 4. The Morgan fingerprint density at radius 1 is 0.568 bits per heavy atom. The predicted molar refractivity (Wildman–Crippen MR) is 187 cm³/mol. The van der Waals surface area contributed by atoms with Gasteiger partial charge in [0.2, 0.25) is 0 Å². The summed E-state index contributed by atoms with van der Waals surface area (Å²) in [4.78, 5) is 0. The van der Waals surface area contributed by atoms with Gasteiger partial charge in [-0.1, -0.05) is 0 Å². The Hall–Kier alpha value is -2.90. The molecular weight excluding hydrogens is 695 g/mol. The monoisotopic (exact) mass is 744 g/mol. The number of rotatable bonds is 4. The van der Waals surface area contributed by atoms with Crippen molar-refractivity contribution in [3.8, 4) is 11.1 Å². The molecule has 0 radical (unpaired) electrons. The molecule has 224 valence electrons. The fourth-order valence-corrected chi connectivity index (χ4v) is 20.1. The zero-order valence-corrected chi connectivity index (χ0v) is 31.8. The first-order chi connectivity index (χ1) is 20.7. The molecule has 0 unspecified atom stereocenters. The molecule has 2 aliphatic carbocycles. The van der Waals surface area contributed by atoms with Crippen LogP contribution in [-0.4, -0.2) is 3.26 Å². The van der Waals surface area contributed by atoms with E-state index in [9.17, 15) is 0 Å². The summed E-state index contributed by atoms with van der Waals surface area (Å²) < 4.78 is 3.79. The molecule has 0 amide bonds. The topological polar surface area (TPSA) is 0 Å². The quantitative estimate of drug-likeness (QED) is 0.183. The molecule has 0 saturated heterocycles. The molecule has 0 spiro atoms. The molecule has 2 aliphatic rings. The van der Waals surface area contributed by atoms with Crippen molar-refractivity contribution in [1.82, 2.24) is 0 Å². The molecule has 0 bridgehead atoms. The molecule has 0 fully saturated rings. The summed E-state index contributed by atoms with van der Waals surface area (Å²) in [5.41, 5.74) is 13.5. The van der Waals surface area contributed by atoms with Crippen LogP contribution >= 0.6 is 0 Å². The van der Waals surface area contributed by atoms with E-state index in [4.69, 9.17) is 0 Å². The summed E-state index contributed by atoms with van der Waals surface area (Å²) in [6.45, 7) is 21.2. The van der Waals surface area contributed by atoms with Crippen LogP contribution in [-0.2, 0) is 31.8 Å². The number of benzene rings is 4. The fraction of sp³-hybridized carbons (Fsp3) is 0.326. The van der Waals surface area contributed by atoms with Crippen LogP contribution in [0.1, 0.15) is 106 Å². The third kappa shape index (κ3) is 5.90. The molecule has 4 aromatic carbocycles. The molecule has 0 saturated carbocycles. The second-order valence-electron chi connectivity index (χ2n) is 15.8. The van der Waals surface area contributed by atoms with Crippen molar-refractivity contribution < 1.29 is 21.0 Å². The number of hydrogen-bond donors (Lipinski definition) is 0. The van der Waals surface area contributed by atoms with Gasteiger partial charge in [0, 0.05) is 0 Å². The predicted octanol–water partition coefficient (Wildman–Crippen LogP) is 11.5. The summed E-state index contributed by atoms with van der Waals surface area (Å²) in [5, 5.41) is 0. The van der Waals surface area contributed by atoms with E-state index in [2.05, 4.69) is 172 Å². The number of hydrogen-bond acceptors (Lipinski definition) is 0. The third-order valence-electron chi connectivity index (χ3n) is 9.51. The zero-order chi connectivity index (χ0) is 31.4. The molecule has 4 aromatic rings. The van der Waals surface area contributed by atoms with Crippen molar-refractivity contribution in [2.75, 3.05) is 0 Å². The molecule has 0 nitrogen and oxygen atoms in total. The minimum atomic E-state index is -3.03. The van der Waals surface area contributed by atoms with E-state index in [0.717, 1.165) is 6.42 Å². The van der Waals surface area contributed by atoms with Crippen molar-refractivity contribution >= 4 is 3.26 Å². The van der Waals surface area contributed by atoms with Crippen LogP contribution in [0.4, 0.5) is 0 Å². The van der Waals surface area contributed by atoms with Gasteiger partial charge in [-0.3, -0.25) is 0 Å². The molecule has 44 heavy (non-hydrogen) atoms. The second-order valence-corrected chi connectivity index (χ2v) is 25.0. The van der Waals surface area contributed by atoms with E-state index in [0.29, 0.717) is 3.67 Å². The molecule has 0 heterocycles. The van der Waals surface area contributed by atoms with Crippen LogP contribution in [0.2, 0.25) is 0 Å². The van der Waals surface area contributed by atoms with E-state index in [1.54, 1.807) is 17.7 Å². The van der Waals surface area contributed by atoms with Gasteiger partial charge in [0.1, 0.15) is 0 Å². The van der Waals surface area contributed by atoms with Crippen molar-refractivity contribution in [3.05, 3.63) is 151 Å². The molecule has 1 heteroatoms. The van der Waals surface area contributed by atoms with Crippen LogP contribution in [0.3, 0.4) is 0 Å². The van der Waals surface area contributed by atoms with Gasteiger partial charge >= 0.3 is 275 Å². The summed E-state index contributed by atoms with van der Waals surface area (Å²) >= 11 is -3.03. The third-order valence-corrected chi connectivity index (χ3v) is 21.6. The van der Waals surface area contributed by atoms with Crippen molar-refractivity contribution in [2.24, 2.45) is 5.41 Å².